The number of ether oxygens (including phenoxy) is 1. The largest absolute Gasteiger partial charge is 0.492 e. The maximum Gasteiger partial charge on any atom is 0.269 e. The van der Waals surface area contributed by atoms with Crippen molar-refractivity contribution < 1.29 is 17.9 Å². The van der Waals surface area contributed by atoms with E-state index in [4.69, 9.17) is 4.74 Å². The van der Waals surface area contributed by atoms with Crippen LogP contribution in [0.15, 0.2) is 28.6 Å². The van der Waals surface area contributed by atoms with Gasteiger partial charge in [0.05, 0.1) is 0 Å². The number of nitrogens with one attached hydrogen (secondary N) is 2. The van der Waals surface area contributed by atoms with Gasteiger partial charge in [0.25, 0.3) is 10.0 Å². The van der Waals surface area contributed by atoms with Crippen molar-refractivity contribution in [3.8, 4) is 5.75 Å². The minimum absolute atomic E-state index is 0.0902. The number of aryl methyl sites for hydroxylation is 1. The van der Waals surface area contributed by atoms with Crippen molar-refractivity contribution in [2.75, 3.05) is 18.5 Å². The fourth-order valence-electron chi connectivity index (χ4n) is 1.75. The molecule has 2 aromatic rings. The smallest absolute Gasteiger partial charge is 0.269 e. The Morgan fingerprint density at radius 1 is 1.25 bits per heavy atom. The summed E-state index contributed by atoms with van der Waals surface area (Å²) in [6, 6.07) is 7.62. The minimum atomic E-state index is -3.78. The third-order valence-electron chi connectivity index (χ3n) is 2.91. The Bertz CT molecular complexity index is 787. The van der Waals surface area contributed by atoms with Crippen molar-refractivity contribution >= 4 is 32.4 Å². The summed E-state index contributed by atoms with van der Waals surface area (Å²) < 4.78 is 31.8. The van der Waals surface area contributed by atoms with Crippen molar-refractivity contribution in [1.29, 1.82) is 0 Å². The molecule has 1 heterocycles. The molecule has 0 aliphatic carbocycles. The summed E-state index contributed by atoms with van der Waals surface area (Å²) >= 11 is 0.781. The third-order valence-corrected chi connectivity index (χ3v) is 5.58. The predicted molar refractivity (Wildman–Crippen MR) is 90.7 cm³/mol. The number of benzene rings is 1. The minimum Gasteiger partial charge on any atom is -0.492 e. The normalized spacial score (nSPS) is 11.2. The maximum absolute atomic E-state index is 12.1. The van der Waals surface area contributed by atoms with Gasteiger partial charge in [0.2, 0.25) is 15.4 Å². The van der Waals surface area contributed by atoms with Crippen molar-refractivity contribution in [2.45, 2.75) is 24.6 Å². The van der Waals surface area contributed by atoms with E-state index in [2.05, 4.69) is 27.2 Å². The molecule has 1 amide bonds. The number of nitrogens with zero attached hydrogens (tertiary/aromatic N) is 2. The molecule has 8 nitrogen and oxygen atoms in total. The molecular weight excluding hydrogens is 352 g/mol. The van der Waals surface area contributed by atoms with Crippen LogP contribution in [0, 0.1) is 0 Å². The van der Waals surface area contributed by atoms with Crippen LogP contribution in [0.1, 0.15) is 19.4 Å². The van der Waals surface area contributed by atoms with Crippen molar-refractivity contribution in [3.05, 3.63) is 29.8 Å². The van der Waals surface area contributed by atoms with Gasteiger partial charge >= 0.3 is 0 Å². The van der Waals surface area contributed by atoms with E-state index < -0.39 is 10.0 Å². The lowest BCUT2D eigenvalue weighted by Crippen LogP contribution is -2.28. The quantitative estimate of drug-likeness (QED) is 0.537. The Morgan fingerprint density at radius 2 is 1.96 bits per heavy atom. The van der Waals surface area contributed by atoms with Crippen molar-refractivity contribution in [2.24, 2.45) is 0 Å². The fraction of sp³-hybridized carbons (Fsp3) is 0.357. The standard InChI is InChI=1S/C14H18N4O4S2/c1-3-11-4-6-12(7-5-11)22-9-8-15-24(20,21)14-18-17-13(23-14)16-10(2)19/h4-7,15H,3,8-9H2,1-2H3,(H,16,17,19). The second kappa shape index (κ2) is 8.18. The Kier molecular flexibility index (Phi) is 6.23. The number of carbonyl (C=O) groups is 1. The Balaban J connectivity index is 1.83. The number of anilines is 1. The van der Waals surface area contributed by atoms with Crippen LogP contribution in [0.2, 0.25) is 0 Å². The lowest BCUT2D eigenvalue weighted by atomic mass is 10.2. The van der Waals surface area contributed by atoms with Gasteiger partial charge in [-0.2, -0.15) is 0 Å². The van der Waals surface area contributed by atoms with Crippen LogP contribution < -0.4 is 14.8 Å². The second-order valence-electron chi connectivity index (χ2n) is 4.80. The average Bonchev–Trinajstić information content (AvgIpc) is 3.01. The fourth-order valence-corrected chi connectivity index (χ4v) is 3.75. The molecule has 1 aromatic carbocycles. The zero-order valence-electron chi connectivity index (χ0n) is 13.3. The molecule has 130 valence electrons. The van der Waals surface area contributed by atoms with Crippen LogP contribution in [-0.2, 0) is 21.2 Å². The molecule has 1 aromatic heterocycles. The number of rotatable bonds is 8. The molecule has 2 rings (SSSR count). The van der Waals surface area contributed by atoms with Gasteiger partial charge in [-0.1, -0.05) is 30.4 Å². The zero-order chi connectivity index (χ0) is 17.6. The van der Waals surface area contributed by atoms with Crippen molar-refractivity contribution in [3.63, 3.8) is 0 Å². The average molecular weight is 370 g/mol. The van der Waals surface area contributed by atoms with Gasteiger partial charge in [-0.3, -0.25) is 4.79 Å². The molecule has 0 saturated carbocycles. The van der Waals surface area contributed by atoms with Crippen molar-refractivity contribution in [1.82, 2.24) is 14.9 Å². The van der Waals surface area contributed by atoms with Crippen LogP contribution >= 0.6 is 11.3 Å². The van der Waals surface area contributed by atoms with Gasteiger partial charge in [0.15, 0.2) is 0 Å². The zero-order valence-corrected chi connectivity index (χ0v) is 14.9. The van der Waals surface area contributed by atoms with E-state index in [1.54, 1.807) is 0 Å². The summed E-state index contributed by atoms with van der Waals surface area (Å²) in [6.45, 7) is 3.64. The van der Waals surface area contributed by atoms with Crippen LogP contribution in [0.3, 0.4) is 0 Å². The Labute approximate surface area is 144 Å². The van der Waals surface area contributed by atoms with E-state index in [0.29, 0.717) is 5.75 Å². The summed E-state index contributed by atoms with van der Waals surface area (Å²) in [7, 11) is -3.78. The molecule has 0 saturated heterocycles. The SMILES string of the molecule is CCc1ccc(OCCNS(=O)(=O)c2nnc(NC(C)=O)s2)cc1. The monoisotopic (exact) mass is 370 g/mol. The first kappa shape index (κ1) is 18.3. The summed E-state index contributed by atoms with van der Waals surface area (Å²) in [5.41, 5.74) is 1.20. The highest BCUT2D eigenvalue weighted by Crippen LogP contribution is 2.19. The van der Waals surface area contributed by atoms with Crippen LogP contribution in [0.5, 0.6) is 5.75 Å². The molecule has 0 unspecified atom stereocenters. The van der Waals surface area contributed by atoms with Crippen LogP contribution in [0.4, 0.5) is 5.13 Å². The molecule has 2 N–H and O–H groups in total. The van der Waals surface area contributed by atoms with E-state index in [9.17, 15) is 13.2 Å². The highest BCUT2D eigenvalue weighted by atomic mass is 32.2. The first-order chi connectivity index (χ1) is 11.4. The van der Waals surface area contributed by atoms with Crippen LogP contribution in [-0.4, -0.2) is 37.7 Å². The number of hydrogen-bond acceptors (Lipinski definition) is 7. The van der Waals surface area contributed by atoms with E-state index >= 15 is 0 Å². The maximum atomic E-state index is 12.1. The lowest BCUT2D eigenvalue weighted by Gasteiger charge is -2.07. The summed E-state index contributed by atoms with van der Waals surface area (Å²) in [5, 5.41) is 9.68. The van der Waals surface area contributed by atoms with Gasteiger partial charge in [-0.15, -0.1) is 10.2 Å². The number of sulfonamides is 1. The van der Waals surface area contributed by atoms with Gasteiger partial charge in [-0.25, -0.2) is 13.1 Å². The summed E-state index contributed by atoms with van der Waals surface area (Å²) in [5.74, 6) is 0.334. The number of aromatic nitrogens is 2. The number of amides is 1. The molecule has 0 spiro atoms. The Hall–Kier alpha value is -2.04. The van der Waals surface area contributed by atoms with Gasteiger partial charge < -0.3 is 10.1 Å². The second-order valence-corrected chi connectivity index (χ2v) is 7.72. The van der Waals surface area contributed by atoms with Gasteiger partial charge in [-0.05, 0) is 24.1 Å². The molecule has 0 aliphatic rings. The van der Waals surface area contributed by atoms with Gasteiger partial charge in [0.1, 0.15) is 12.4 Å². The first-order valence-corrected chi connectivity index (χ1v) is 9.53. The molecule has 24 heavy (non-hydrogen) atoms. The molecule has 0 aliphatic heterocycles. The highest BCUT2D eigenvalue weighted by Gasteiger charge is 2.20. The molecule has 0 fully saturated rings. The van der Waals surface area contributed by atoms with Gasteiger partial charge in [0, 0.05) is 13.5 Å². The predicted octanol–water partition coefficient (Wildman–Crippen LogP) is 1.42. The van der Waals surface area contributed by atoms with E-state index in [0.717, 1.165) is 17.8 Å². The third kappa shape index (κ3) is 5.25. The first-order valence-electron chi connectivity index (χ1n) is 7.23. The van der Waals surface area contributed by atoms with E-state index in [1.165, 1.54) is 12.5 Å². The number of carbonyl (C=O) groups excluding carboxylic acids is 1. The topological polar surface area (TPSA) is 110 Å². The van der Waals surface area contributed by atoms with Crippen LogP contribution in [0.25, 0.3) is 0 Å². The lowest BCUT2D eigenvalue weighted by molar-refractivity contribution is -0.114. The molecule has 0 atom stereocenters. The highest BCUT2D eigenvalue weighted by molar-refractivity contribution is 7.91. The van der Waals surface area contributed by atoms with E-state index in [-0.39, 0.29) is 28.5 Å². The Morgan fingerprint density at radius 3 is 2.58 bits per heavy atom. The number of hydrogen-bond donors (Lipinski definition) is 2. The molecular formula is C14H18N4O4S2. The summed E-state index contributed by atoms with van der Waals surface area (Å²) in [6.07, 6.45) is 0.947. The molecule has 0 radical (unpaired) electrons. The molecule has 0 bridgehead atoms. The van der Waals surface area contributed by atoms with E-state index in [1.807, 2.05) is 24.3 Å². The summed E-state index contributed by atoms with van der Waals surface area (Å²) in [4.78, 5) is 10.9. The molecule has 10 heteroatoms.